The SMILES string of the molecule is COc1ccc(N2C[C@H](C(=O)O[C@H](CCCl)C(=O)c3ccc(Cl)cc3)CC2=O)c(OC)c1. The van der Waals surface area contributed by atoms with E-state index in [-0.39, 0.29) is 37.0 Å². The van der Waals surface area contributed by atoms with Gasteiger partial charge in [0.25, 0.3) is 0 Å². The molecule has 2 aromatic carbocycles. The molecule has 0 aliphatic carbocycles. The summed E-state index contributed by atoms with van der Waals surface area (Å²) in [6, 6.07) is 11.4. The van der Waals surface area contributed by atoms with Crippen LogP contribution in [-0.4, -0.2) is 50.4 Å². The lowest BCUT2D eigenvalue weighted by molar-refractivity contribution is -0.151. The van der Waals surface area contributed by atoms with Crippen molar-refractivity contribution in [1.82, 2.24) is 0 Å². The van der Waals surface area contributed by atoms with Crippen LogP contribution in [0.4, 0.5) is 5.69 Å². The summed E-state index contributed by atoms with van der Waals surface area (Å²) in [5.74, 6) is -0.781. The van der Waals surface area contributed by atoms with Crippen molar-refractivity contribution >= 4 is 46.5 Å². The van der Waals surface area contributed by atoms with E-state index in [4.69, 9.17) is 37.4 Å². The van der Waals surface area contributed by atoms with E-state index in [9.17, 15) is 14.4 Å². The van der Waals surface area contributed by atoms with Crippen LogP contribution in [0.2, 0.25) is 5.02 Å². The zero-order valence-corrected chi connectivity index (χ0v) is 19.2. The number of carbonyl (C=O) groups is 3. The van der Waals surface area contributed by atoms with Crippen LogP contribution >= 0.6 is 23.2 Å². The third-order valence-electron chi connectivity index (χ3n) is 5.19. The summed E-state index contributed by atoms with van der Waals surface area (Å²) in [5.41, 5.74) is 0.896. The number of amides is 1. The average molecular weight is 480 g/mol. The number of anilines is 1. The number of methoxy groups -OCH3 is 2. The summed E-state index contributed by atoms with van der Waals surface area (Å²) in [4.78, 5) is 39.8. The first-order chi connectivity index (χ1) is 15.4. The van der Waals surface area contributed by atoms with Crippen molar-refractivity contribution in [2.24, 2.45) is 5.92 Å². The van der Waals surface area contributed by atoms with E-state index in [1.54, 1.807) is 42.5 Å². The molecule has 0 bridgehead atoms. The fourth-order valence-electron chi connectivity index (χ4n) is 3.49. The summed E-state index contributed by atoms with van der Waals surface area (Å²) >= 11 is 11.7. The molecule has 1 fully saturated rings. The molecule has 170 valence electrons. The van der Waals surface area contributed by atoms with Crippen LogP contribution in [0.3, 0.4) is 0 Å². The average Bonchev–Trinajstić information content (AvgIpc) is 3.19. The number of hydrogen-bond donors (Lipinski definition) is 0. The van der Waals surface area contributed by atoms with E-state index in [0.717, 1.165) is 0 Å². The van der Waals surface area contributed by atoms with Gasteiger partial charge in [-0.1, -0.05) is 11.6 Å². The predicted molar refractivity (Wildman–Crippen MR) is 121 cm³/mol. The second-order valence-electron chi connectivity index (χ2n) is 7.22. The summed E-state index contributed by atoms with van der Waals surface area (Å²) in [5, 5.41) is 0.492. The Morgan fingerprint density at radius 1 is 1.12 bits per heavy atom. The number of benzene rings is 2. The summed E-state index contributed by atoms with van der Waals surface area (Å²) in [7, 11) is 3.02. The highest BCUT2D eigenvalue weighted by Gasteiger charge is 2.39. The van der Waals surface area contributed by atoms with Crippen LogP contribution < -0.4 is 14.4 Å². The lowest BCUT2D eigenvalue weighted by Gasteiger charge is -2.21. The molecule has 2 aromatic rings. The standard InChI is InChI=1S/C23H23Cl2NO6/c1-30-17-7-8-18(20(12-17)31-2)26-13-15(11-21(26)27)23(29)32-19(9-10-24)22(28)14-3-5-16(25)6-4-14/h3-8,12,15,19H,9-11,13H2,1-2H3/t15-,19-/m1/s1. The van der Waals surface area contributed by atoms with Gasteiger partial charge in [-0.25, -0.2) is 0 Å². The number of alkyl halides is 1. The molecule has 3 rings (SSSR count). The van der Waals surface area contributed by atoms with Gasteiger partial charge in [-0.2, -0.15) is 0 Å². The largest absolute Gasteiger partial charge is 0.497 e. The Morgan fingerprint density at radius 3 is 2.47 bits per heavy atom. The highest BCUT2D eigenvalue weighted by atomic mass is 35.5. The molecule has 0 aromatic heterocycles. The second-order valence-corrected chi connectivity index (χ2v) is 8.03. The molecule has 1 saturated heterocycles. The first-order valence-corrected chi connectivity index (χ1v) is 10.9. The van der Waals surface area contributed by atoms with Gasteiger partial charge in [-0.05, 0) is 36.4 Å². The molecule has 9 heteroatoms. The third-order valence-corrected chi connectivity index (χ3v) is 5.66. The quantitative estimate of drug-likeness (QED) is 0.305. The summed E-state index contributed by atoms with van der Waals surface area (Å²) in [6.07, 6.45) is -0.914. The summed E-state index contributed by atoms with van der Waals surface area (Å²) in [6.45, 7) is 0.114. The molecular weight excluding hydrogens is 457 g/mol. The number of rotatable bonds is 9. The molecule has 0 radical (unpaired) electrons. The highest BCUT2D eigenvalue weighted by Crippen LogP contribution is 2.36. The van der Waals surface area contributed by atoms with Crippen molar-refractivity contribution < 1.29 is 28.6 Å². The Morgan fingerprint density at radius 2 is 1.84 bits per heavy atom. The number of halogens is 2. The number of ketones is 1. The minimum atomic E-state index is -1.04. The first kappa shape index (κ1) is 23.9. The monoisotopic (exact) mass is 479 g/mol. The maximum Gasteiger partial charge on any atom is 0.312 e. The molecule has 2 atom stereocenters. The molecule has 7 nitrogen and oxygen atoms in total. The van der Waals surface area contributed by atoms with Gasteiger partial charge in [-0.15, -0.1) is 11.6 Å². The Bertz CT molecular complexity index is 994. The van der Waals surface area contributed by atoms with Gasteiger partial charge < -0.3 is 19.1 Å². The third kappa shape index (κ3) is 5.34. The van der Waals surface area contributed by atoms with Gasteiger partial charge >= 0.3 is 5.97 Å². The number of Topliss-reactive ketones (excluding diaryl/α,β-unsaturated/α-hetero) is 1. The zero-order chi connectivity index (χ0) is 23.3. The molecule has 0 unspecified atom stereocenters. The van der Waals surface area contributed by atoms with Crippen molar-refractivity contribution in [3.05, 3.63) is 53.1 Å². The van der Waals surface area contributed by atoms with Crippen molar-refractivity contribution in [2.75, 3.05) is 31.5 Å². The van der Waals surface area contributed by atoms with Gasteiger partial charge in [0.2, 0.25) is 11.7 Å². The van der Waals surface area contributed by atoms with E-state index in [1.807, 2.05) is 0 Å². The molecule has 0 N–H and O–H groups in total. The number of esters is 1. The summed E-state index contributed by atoms with van der Waals surface area (Å²) < 4.78 is 16.1. The van der Waals surface area contributed by atoms with E-state index in [2.05, 4.69) is 0 Å². The maximum atomic E-state index is 12.8. The second kappa shape index (κ2) is 10.7. The Labute approximate surface area is 196 Å². The topological polar surface area (TPSA) is 82.1 Å². The molecule has 1 aliphatic heterocycles. The van der Waals surface area contributed by atoms with Crippen molar-refractivity contribution in [3.63, 3.8) is 0 Å². The van der Waals surface area contributed by atoms with Crippen LogP contribution in [-0.2, 0) is 14.3 Å². The molecule has 32 heavy (non-hydrogen) atoms. The molecule has 1 aliphatic rings. The number of ether oxygens (including phenoxy) is 3. The van der Waals surface area contributed by atoms with Crippen molar-refractivity contribution in [1.29, 1.82) is 0 Å². The maximum absolute atomic E-state index is 12.8. The van der Waals surface area contributed by atoms with Gasteiger partial charge in [0.15, 0.2) is 6.10 Å². The lowest BCUT2D eigenvalue weighted by atomic mass is 10.0. The number of carbonyl (C=O) groups excluding carboxylic acids is 3. The highest BCUT2D eigenvalue weighted by molar-refractivity contribution is 6.30. The van der Waals surface area contributed by atoms with E-state index in [1.165, 1.54) is 19.1 Å². The number of hydrogen-bond acceptors (Lipinski definition) is 6. The van der Waals surface area contributed by atoms with Crippen molar-refractivity contribution in [3.8, 4) is 11.5 Å². The Hall–Kier alpha value is -2.77. The fraction of sp³-hybridized carbons (Fsp3) is 0.348. The predicted octanol–water partition coefficient (Wildman–Crippen LogP) is 4.13. The first-order valence-electron chi connectivity index (χ1n) is 9.96. The fourth-order valence-corrected chi connectivity index (χ4v) is 3.81. The molecule has 1 amide bonds. The van der Waals surface area contributed by atoms with Crippen LogP contribution in [0.15, 0.2) is 42.5 Å². The van der Waals surface area contributed by atoms with Gasteiger partial charge in [0.1, 0.15) is 11.5 Å². The molecule has 0 saturated carbocycles. The molecular formula is C23H23Cl2NO6. The minimum absolute atomic E-state index is 0.0310. The Kier molecular flexibility index (Phi) is 7.99. The van der Waals surface area contributed by atoms with Crippen molar-refractivity contribution in [2.45, 2.75) is 18.9 Å². The van der Waals surface area contributed by atoms with E-state index < -0.39 is 18.0 Å². The van der Waals surface area contributed by atoms with Crippen LogP contribution in [0.25, 0.3) is 0 Å². The van der Waals surface area contributed by atoms with Gasteiger partial charge in [0.05, 0.1) is 25.8 Å². The van der Waals surface area contributed by atoms with Gasteiger partial charge in [-0.3, -0.25) is 14.4 Å². The normalized spacial score (nSPS) is 16.6. The van der Waals surface area contributed by atoms with Crippen LogP contribution in [0.5, 0.6) is 11.5 Å². The van der Waals surface area contributed by atoms with E-state index >= 15 is 0 Å². The van der Waals surface area contributed by atoms with Crippen LogP contribution in [0, 0.1) is 5.92 Å². The van der Waals surface area contributed by atoms with E-state index in [0.29, 0.717) is 27.8 Å². The molecule has 1 heterocycles. The minimum Gasteiger partial charge on any atom is -0.497 e. The molecule has 0 spiro atoms. The smallest absolute Gasteiger partial charge is 0.312 e. The zero-order valence-electron chi connectivity index (χ0n) is 17.7. The number of nitrogens with zero attached hydrogens (tertiary/aromatic N) is 1. The lowest BCUT2D eigenvalue weighted by Crippen LogP contribution is -2.32. The van der Waals surface area contributed by atoms with Gasteiger partial charge in [0, 0.05) is 41.9 Å². The Balaban J connectivity index is 1.73. The van der Waals surface area contributed by atoms with Crippen LogP contribution in [0.1, 0.15) is 23.2 Å².